The molecule has 1 fully saturated rings. The standard InChI is InChI=1S/C5H8N4O3/c6-9-4(11)2-1-3(10)8-5(12)7-2/h2H,1,6H2,(H,9,11)(H2,7,8,10,12). The Balaban J connectivity index is 2.61. The van der Waals surface area contributed by atoms with E-state index in [4.69, 9.17) is 5.84 Å². The smallest absolute Gasteiger partial charge is 0.322 e. The van der Waals surface area contributed by atoms with Gasteiger partial charge in [-0.15, -0.1) is 0 Å². The highest BCUT2D eigenvalue weighted by atomic mass is 16.2. The summed E-state index contributed by atoms with van der Waals surface area (Å²) in [6.45, 7) is 0. The average Bonchev–Trinajstić information content (AvgIpc) is 2.01. The Labute approximate surface area is 67.6 Å². The van der Waals surface area contributed by atoms with E-state index < -0.39 is 23.9 Å². The number of hydrogen-bond donors (Lipinski definition) is 4. The lowest BCUT2D eigenvalue weighted by Crippen LogP contribution is -2.58. The fourth-order valence-electron chi connectivity index (χ4n) is 0.867. The molecule has 7 heteroatoms. The fraction of sp³-hybridized carbons (Fsp3) is 0.400. The summed E-state index contributed by atoms with van der Waals surface area (Å²) in [5, 5.41) is 4.21. The molecule has 5 N–H and O–H groups in total. The Kier molecular flexibility index (Phi) is 2.24. The normalized spacial score (nSPS) is 22.6. The van der Waals surface area contributed by atoms with Crippen molar-refractivity contribution in [1.82, 2.24) is 16.1 Å². The third kappa shape index (κ3) is 1.70. The zero-order valence-corrected chi connectivity index (χ0v) is 6.09. The number of hydrogen-bond acceptors (Lipinski definition) is 4. The lowest BCUT2D eigenvalue weighted by atomic mass is 10.1. The number of hydrazine groups is 1. The molecule has 1 unspecified atom stereocenters. The first-order valence-electron chi connectivity index (χ1n) is 3.24. The van der Waals surface area contributed by atoms with Gasteiger partial charge in [-0.2, -0.15) is 0 Å². The second-order valence-electron chi connectivity index (χ2n) is 2.29. The number of imide groups is 1. The Bertz CT molecular complexity index is 223. The van der Waals surface area contributed by atoms with Crippen LogP contribution in [0.1, 0.15) is 6.42 Å². The second-order valence-corrected chi connectivity index (χ2v) is 2.29. The van der Waals surface area contributed by atoms with Crippen molar-refractivity contribution in [2.45, 2.75) is 12.5 Å². The first-order chi connectivity index (χ1) is 5.63. The predicted molar refractivity (Wildman–Crippen MR) is 37.4 cm³/mol. The quantitative estimate of drug-likeness (QED) is 0.200. The highest BCUT2D eigenvalue weighted by Crippen LogP contribution is 1.96. The largest absolute Gasteiger partial charge is 0.325 e. The molecule has 1 heterocycles. The average molecular weight is 172 g/mol. The highest BCUT2D eigenvalue weighted by molar-refractivity contribution is 6.02. The number of nitrogens with two attached hydrogens (primary N) is 1. The van der Waals surface area contributed by atoms with Crippen molar-refractivity contribution in [3.8, 4) is 0 Å². The van der Waals surface area contributed by atoms with Crippen LogP contribution in [0.3, 0.4) is 0 Å². The number of carbonyl (C=O) groups is 3. The molecule has 66 valence electrons. The van der Waals surface area contributed by atoms with Gasteiger partial charge in [-0.1, -0.05) is 0 Å². The second kappa shape index (κ2) is 3.18. The molecule has 0 aromatic carbocycles. The van der Waals surface area contributed by atoms with Crippen LogP contribution in [0, 0.1) is 0 Å². The van der Waals surface area contributed by atoms with Crippen molar-refractivity contribution in [2.24, 2.45) is 5.84 Å². The van der Waals surface area contributed by atoms with Crippen LogP contribution in [0.4, 0.5) is 4.79 Å². The molecule has 12 heavy (non-hydrogen) atoms. The molecular formula is C5H8N4O3. The molecule has 0 bridgehead atoms. The van der Waals surface area contributed by atoms with E-state index in [0.717, 1.165) is 0 Å². The van der Waals surface area contributed by atoms with Gasteiger partial charge in [-0.3, -0.25) is 20.3 Å². The summed E-state index contributed by atoms with van der Waals surface area (Å²) in [5.41, 5.74) is 1.84. The molecule has 1 rings (SSSR count). The van der Waals surface area contributed by atoms with Gasteiger partial charge in [0.15, 0.2) is 0 Å². The minimum absolute atomic E-state index is 0.0885. The zero-order chi connectivity index (χ0) is 9.14. The highest BCUT2D eigenvalue weighted by Gasteiger charge is 2.28. The molecule has 1 aliphatic heterocycles. The van der Waals surface area contributed by atoms with Crippen molar-refractivity contribution in [1.29, 1.82) is 0 Å². The summed E-state index contributed by atoms with van der Waals surface area (Å²) >= 11 is 0. The van der Waals surface area contributed by atoms with Gasteiger partial charge in [-0.05, 0) is 0 Å². The maximum Gasteiger partial charge on any atom is 0.322 e. The SMILES string of the molecule is NNC(=O)C1CC(=O)NC(=O)N1. The number of urea groups is 1. The lowest BCUT2D eigenvalue weighted by Gasteiger charge is -2.20. The fourth-order valence-corrected chi connectivity index (χ4v) is 0.867. The van der Waals surface area contributed by atoms with Crippen molar-refractivity contribution in [2.75, 3.05) is 0 Å². The monoisotopic (exact) mass is 172 g/mol. The summed E-state index contributed by atoms with van der Waals surface area (Å²) in [6.07, 6.45) is -0.0885. The van der Waals surface area contributed by atoms with Gasteiger partial charge in [0.05, 0.1) is 6.42 Å². The van der Waals surface area contributed by atoms with Gasteiger partial charge in [0.25, 0.3) is 5.91 Å². The molecule has 1 saturated heterocycles. The van der Waals surface area contributed by atoms with E-state index >= 15 is 0 Å². The minimum atomic E-state index is -0.865. The summed E-state index contributed by atoms with van der Waals surface area (Å²) in [7, 11) is 0. The van der Waals surface area contributed by atoms with Gasteiger partial charge in [0.2, 0.25) is 5.91 Å². The number of amides is 4. The van der Waals surface area contributed by atoms with Crippen molar-refractivity contribution in [3.63, 3.8) is 0 Å². The van der Waals surface area contributed by atoms with E-state index in [2.05, 4.69) is 5.32 Å². The molecule has 0 aliphatic carbocycles. The third-order valence-corrected chi connectivity index (χ3v) is 1.41. The van der Waals surface area contributed by atoms with Crippen LogP contribution in [-0.2, 0) is 9.59 Å². The molecule has 0 aromatic heterocycles. The summed E-state index contributed by atoms with van der Waals surface area (Å²) < 4.78 is 0. The molecular weight excluding hydrogens is 164 g/mol. The van der Waals surface area contributed by atoms with Crippen LogP contribution in [0.25, 0.3) is 0 Å². The molecule has 0 saturated carbocycles. The Morgan fingerprint density at radius 2 is 2.25 bits per heavy atom. The molecule has 0 aromatic rings. The Morgan fingerprint density at radius 1 is 1.58 bits per heavy atom. The maximum atomic E-state index is 10.8. The molecule has 1 atom stereocenters. The molecule has 0 radical (unpaired) electrons. The van der Waals surface area contributed by atoms with Crippen LogP contribution in [0.5, 0.6) is 0 Å². The van der Waals surface area contributed by atoms with Crippen molar-refractivity contribution in [3.05, 3.63) is 0 Å². The number of rotatable bonds is 1. The van der Waals surface area contributed by atoms with Crippen molar-refractivity contribution < 1.29 is 14.4 Å². The van der Waals surface area contributed by atoms with Gasteiger partial charge in [0, 0.05) is 0 Å². The summed E-state index contributed by atoms with van der Waals surface area (Å²) in [5.74, 6) is 3.73. The van der Waals surface area contributed by atoms with Gasteiger partial charge in [0.1, 0.15) is 6.04 Å². The predicted octanol–water partition coefficient (Wildman–Crippen LogP) is -2.43. The number of nitrogens with one attached hydrogen (secondary N) is 3. The minimum Gasteiger partial charge on any atom is -0.325 e. The van der Waals surface area contributed by atoms with Gasteiger partial charge in [-0.25, -0.2) is 10.6 Å². The topological polar surface area (TPSA) is 113 Å². The Hall–Kier alpha value is -1.63. The summed E-state index contributed by atoms with van der Waals surface area (Å²) in [4.78, 5) is 32.2. The van der Waals surface area contributed by atoms with Crippen LogP contribution in [0.2, 0.25) is 0 Å². The van der Waals surface area contributed by atoms with Crippen LogP contribution in [-0.4, -0.2) is 23.9 Å². The van der Waals surface area contributed by atoms with E-state index in [1.165, 1.54) is 0 Å². The van der Waals surface area contributed by atoms with E-state index in [0.29, 0.717) is 0 Å². The van der Waals surface area contributed by atoms with Crippen LogP contribution in [0.15, 0.2) is 0 Å². The molecule has 1 aliphatic rings. The van der Waals surface area contributed by atoms with E-state index in [1.54, 1.807) is 0 Å². The van der Waals surface area contributed by atoms with Crippen molar-refractivity contribution >= 4 is 17.8 Å². The Morgan fingerprint density at radius 3 is 2.75 bits per heavy atom. The number of carbonyl (C=O) groups excluding carboxylic acids is 3. The first kappa shape index (κ1) is 8.47. The van der Waals surface area contributed by atoms with E-state index in [-0.39, 0.29) is 6.42 Å². The van der Waals surface area contributed by atoms with E-state index in [1.807, 2.05) is 10.7 Å². The molecule has 0 spiro atoms. The molecule has 7 nitrogen and oxygen atoms in total. The van der Waals surface area contributed by atoms with Gasteiger partial charge < -0.3 is 5.32 Å². The van der Waals surface area contributed by atoms with E-state index in [9.17, 15) is 14.4 Å². The summed E-state index contributed by atoms with van der Waals surface area (Å²) in [6, 6.07) is -1.55. The maximum absolute atomic E-state index is 10.8. The first-order valence-corrected chi connectivity index (χ1v) is 3.24. The van der Waals surface area contributed by atoms with Gasteiger partial charge >= 0.3 is 6.03 Å². The third-order valence-electron chi connectivity index (χ3n) is 1.41. The van der Waals surface area contributed by atoms with Crippen LogP contribution >= 0.6 is 0 Å². The molecule has 4 amide bonds. The van der Waals surface area contributed by atoms with Crippen LogP contribution < -0.4 is 21.9 Å². The zero-order valence-electron chi connectivity index (χ0n) is 6.09. The lowest BCUT2D eigenvalue weighted by molar-refractivity contribution is -0.128.